The third kappa shape index (κ3) is 2.08. The topological polar surface area (TPSA) is 37.3 Å². The van der Waals surface area contributed by atoms with Crippen LogP contribution < -0.4 is 0 Å². The molecule has 0 spiro atoms. The van der Waals surface area contributed by atoms with Gasteiger partial charge in [0.25, 0.3) is 0 Å². The van der Waals surface area contributed by atoms with Gasteiger partial charge >= 0.3 is 5.97 Å². The lowest BCUT2D eigenvalue weighted by molar-refractivity contribution is 0.0696. The largest absolute Gasteiger partial charge is 0.478 e. The minimum atomic E-state index is -1.12. The first-order valence-corrected chi connectivity index (χ1v) is 4.63. The summed E-state index contributed by atoms with van der Waals surface area (Å²) in [7, 11) is 0. The Balaban J connectivity index is 3.41. The first-order chi connectivity index (χ1) is 6.07. The number of benzene rings is 1. The van der Waals surface area contributed by atoms with Crippen LogP contribution in [0.25, 0.3) is 0 Å². The van der Waals surface area contributed by atoms with Crippen LogP contribution in [0.4, 0.5) is 0 Å². The summed E-state index contributed by atoms with van der Waals surface area (Å²) in [6, 6.07) is 3.07. The average Bonchev–Trinajstić information content (AvgIpc) is 2.08. The summed E-state index contributed by atoms with van der Waals surface area (Å²) in [5.74, 6) is -1.03. The van der Waals surface area contributed by atoms with E-state index in [1.807, 2.05) is 0 Å². The number of carbonyl (C=O) groups is 1. The van der Waals surface area contributed by atoms with Crippen molar-refractivity contribution in [3.63, 3.8) is 0 Å². The standard InChI is InChI=1S/C8H5Cl3O2/c9-3-4-1-2-5(10)7(11)6(4)8(12)13/h1-2H,3H2,(H,12,13). The maximum Gasteiger partial charge on any atom is 0.337 e. The molecule has 1 aromatic rings. The molecule has 1 aromatic carbocycles. The number of carboxylic acid groups (broad SMARTS) is 1. The van der Waals surface area contributed by atoms with Crippen molar-refractivity contribution in [3.05, 3.63) is 33.3 Å². The number of carboxylic acids is 1. The molecule has 1 rings (SSSR count). The van der Waals surface area contributed by atoms with Gasteiger partial charge in [-0.25, -0.2) is 4.79 Å². The maximum atomic E-state index is 10.8. The average molecular weight is 239 g/mol. The summed E-state index contributed by atoms with van der Waals surface area (Å²) in [4.78, 5) is 10.8. The van der Waals surface area contributed by atoms with E-state index < -0.39 is 5.97 Å². The molecule has 0 unspecified atom stereocenters. The van der Waals surface area contributed by atoms with Crippen LogP contribution in [-0.2, 0) is 5.88 Å². The van der Waals surface area contributed by atoms with Gasteiger partial charge in [0.05, 0.1) is 15.6 Å². The lowest BCUT2D eigenvalue weighted by Gasteiger charge is -2.05. The third-order valence-electron chi connectivity index (χ3n) is 1.54. The number of rotatable bonds is 2. The van der Waals surface area contributed by atoms with Crippen LogP contribution in [0.1, 0.15) is 15.9 Å². The van der Waals surface area contributed by atoms with Gasteiger partial charge in [0.1, 0.15) is 0 Å². The van der Waals surface area contributed by atoms with E-state index >= 15 is 0 Å². The number of halogens is 3. The molecule has 0 saturated heterocycles. The van der Waals surface area contributed by atoms with E-state index in [1.165, 1.54) is 6.07 Å². The van der Waals surface area contributed by atoms with Crippen LogP contribution in [-0.4, -0.2) is 11.1 Å². The van der Waals surface area contributed by atoms with Gasteiger partial charge in [-0.1, -0.05) is 29.3 Å². The maximum absolute atomic E-state index is 10.8. The normalized spacial score (nSPS) is 10.1. The van der Waals surface area contributed by atoms with Gasteiger partial charge in [-0.15, -0.1) is 11.6 Å². The van der Waals surface area contributed by atoms with E-state index in [0.717, 1.165) is 0 Å². The molecule has 0 aromatic heterocycles. The lowest BCUT2D eigenvalue weighted by atomic mass is 10.1. The van der Waals surface area contributed by atoms with Crippen molar-refractivity contribution in [2.24, 2.45) is 0 Å². The van der Waals surface area contributed by atoms with E-state index in [4.69, 9.17) is 39.9 Å². The van der Waals surface area contributed by atoms with Crippen molar-refractivity contribution in [2.75, 3.05) is 0 Å². The first kappa shape index (κ1) is 10.6. The lowest BCUT2D eigenvalue weighted by Crippen LogP contribution is -2.02. The molecule has 0 fully saturated rings. The highest BCUT2D eigenvalue weighted by Crippen LogP contribution is 2.29. The van der Waals surface area contributed by atoms with E-state index in [1.54, 1.807) is 6.07 Å². The predicted molar refractivity (Wildman–Crippen MR) is 53.0 cm³/mol. The van der Waals surface area contributed by atoms with E-state index in [0.29, 0.717) is 5.56 Å². The number of hydrogen-bond acceptors (Lipinski definition) is 1. The quantitative estimate of drug-likeness (QED) is 0.803. The van der Waals surface area contributed by atoms with Crippen LogP contribution in [0.15, 0.2) is 12.1 Å². The fraction of sp³-hybridized carbons (Fsp3) is 0.125. The molecule has 13 heavy (non-hydrogen) atoms. The van der Waals surface area contributed by atoms with Crippen LogP contribution in [0, 0.1) is 0 Å². The SMILES string of the molecule is O=C(O)c1c(CCl)ccc(Cl)c1Cl. The molecule has 0 aliphatic carbocycles. The predicted octanol–water partition coefficient (Wildman–Crippen LogP) is 3.43. The fourth-order valence-electron chi connectivity index (χ4n) is 0.933. The molecule has 0 radical (unpaired) electrons. The molecule has 2 nitrogen and oxygen atoms in total. The Hall–Kier alpha value is -0.440. The van der Waals surface area contributed by atoms with Gasteiger partial charge in [0, 0.05) is 5.88 Å². The number of aromatic carboxylic acids is 1. The molecule has 0 aliphatic rings. The Morgan fingerprint density at radius 3 is 2.46 bits per heavy atom. The summed E-state index contributed by atoms with van der Waals surface area (Å²) in [6.07, 6.45) is 0. The zero-order valence-electron chi connectivity index (χ0n) is 6.35. The van der Waals surface area contributed by atoms with Gasteiger partial charge in [0.15, 0.2) is 0 Å². The molecule has 0 saturated carbocycles. The van der Waals surface area contributed by atoms with E-state index in [-0.39, 0.29) is 21.5 Å². The molecule has 0 amide bonds. The second kappa shape index (κ2) is 4.18. The molecule has 0 heterocycles. The van der Waals surface area contributed by atoms with Crippen LogP contribution in [0.2, 0.25) is 10.0 Å². The molecule has 0 atom stereocenters. The summed E-state index contributed by atoms with van der Waals surface area (Å²) < 4.78 is 0. The molecular formula is C8H5Cl3O2. The van der Waals surface area contributed by atoms with Crippen LogP contribution in [0.3, 0.4) is 0 Å². The van der Waals surface area contributed by atoms with Gasteiger partial charge in [-0.05, 0) is 11.6 Å². The Morgan fingerprint density at radius 1 is 1.38 bits per heavy atom. The summed E-state index contributed by atoms with van der Waals surface area (Å²) in [5.41, 5.74) is 0.438. The van der Waals surface area contributed by atoms with Crippen molar-refractivity contribution in [1.29, 1.82) is 0 Å². The van der Waals surface area contributed by atoms with Gasteiger partial charge in [-0.2, -0.15) is 0 Å². The molecule has 5 heteroatoms. The van der Waals surface area contributed by atoms with Crippen molar-refractivity contribution in [2.45, 2.75) is 5.88 Å². The monoisotopic (exact) mass is 238 g/mol. The van der Waals surface area contributed by atoms with Crippen molar-refractivity contribution >= 4 is 40.8 Å². The van der Waals surface area contributed by atoms with Crippen molar-refractivity contribution in [3.8, 4) is 0 Å². The van der Waals surface area contributed by atoms with Crippen LogP contribution >= 0.6 is 34.8 Å². The fourth-order valence-corrected chi connectivity index (χ4v) is 1.58. The molecule has 0 aliphatic heterocycles. The molecular weight excluding hydrogens is 234 g/mol. The Labute approximate surface area is 90.0 Å². The minimum Gasteiger partial charge on any atom is -0.478 e. The van der Waals surface area contributed by atoms with E-state index in [2.05, 4.69) is 0 Å². The summed E-state index contributed by atoms with van der Waals surface area (Å²) in [6.45, 7) is 0. The Bertz CT molecular complexity index is 349. The zero-order valence-corrected chi connectivity index (χ0v) is 8.62. The van der Waals surface area contributed by atoms with Gasteiger partial charge in [0.2, 0.25) is 0 Å². The molecule has 70 valence electrons. The number of hydrogen-bond donors (Lipinski definition) is 1. The summed E-state index contributed by atoms with van der Waals surface area (Å²) in [5, 5.41) is 9.05. The summed E-state index contributed by atoms with van der Waals surface area (Å²) >= 11 is 16.9. The smallest absolute Gasteiger partial charge is 0.337 e. The Morgan fingerprint density at radius 2 is 2.00 bits per heavy atom. The first-order valence-electron chi connectivity index (χ1n) is 3.34. The minimum absolute atomic E-state index is 0.0239. The second-order valence-corrected chi connectivity index (χ2v) is 3.39. The highest BCUT2D eigenvalue weighted by atomic mass is 35.5. The second-order valence-electron chi connectivity index (χ2n) is 2.33. The van der Waals surface area contributed by atoms with Crippen molar-refractivity contribution in [1.82, 2.24) is 0 Å². The van der Waals surface area contributed by atoms with Crippen LogP contribution in [0.5, 0.6) is 0 Å². The third-order valence-corrected chi connectivity index (χ3v) is 2.63. The van der Waals surface area contributed by atoms with Gasteiger partial charge in [-0.3, -0.25) is 0 Å². The zero-order chi connectivity index (χ0) is 10.0. The highest BCUT2D eigenvalue weighted by molar-refractivity contribution is 6.43. The van der Waals surface area contributed by atoms with Crippen molar-refractivity contribution < 1.29 is 9.90 Å². The molecule has 0 bridgehead atoms. The number of alkyl halides is 1. The molecule has 1 N–H and O–H groups in total. The highest BCUT2D eigenvalue weighted by Gasteiger charge is 2.16. The Kier molecular flexibility index (Phi) is 3.42. The van der Waals surface area contributed by atoms with E-state index in [9.17, 15) is 4.79 Å². The van der Waals surface area contributed by atoms with Gasteiger partial charge < -0.3 is 5.11 Å².